The van der Waals surface area contributed by atoms with Crippen LogP contribution >= 0.6 is 11.6 Å². The summed E-state index contributed by atoms with van der Waals surface area (Å²) in [6, 6.07) is 9.48. The molecular weight excluding hydrogens is 496 g/mol. The summed E-state index contributed by atoms with van der Waals surface area (Å²) in [7, 11) is 0. The highest BCUT2D eigenvalue weighted by molar-refractivity contribution is 6.64. The van der Waals surface area contributed by atoms with Gasteiger partial charge < -0.3 is 0 Å². The SMILES string of the molecule is Cc1ccc([C@H]2CC[C@]3(C)[C@H]4CC[C@@H]5[C@H]6[C@H](C(C)C)CC[C@]6(C(=O)Cl)CC[C@@]5(C)[C@]4(C)CC[C@H]3C2(C)C)cc1. The summed E-state index contributed by atoms with van der Waals surface area (Å²) in [4.78, 5) is 13.2. The highest BCUT2D eigenvalue weighted by atomic mass is 35.5. The van der Waals surface area contributed by atoms with Crippen LogP contribution in [-0.4, -0.2) is 5.24 Å². The summed E-state index contributed by atoms with van der Waals surface area (Å²) in [5.74, 6) is 4.61. The Morgan fingerprint density at radius 2 is 1.49 bits per heavy atom. The van der Waals surface area contributed by atoms with Crippen molar-refractivity contribution >= 4 is 16.8 Å². The lowest BCUT2D eigenvalue weighted by Crippen LogP contribution is -2.66. The maximum absolute atomic E-state index is 13.2. The Balaban J connectivity index is 1.35. The van der Waals surface area contributed by atoms with Crippen LogP contribution in [-0.2, 0) is 4.79 Å². The van der Waals surface area contributed by atoms with E-state index in [2.05, 4.69) is 79.7 Å². The number of rotatable bonds is 3. The molecule has 0 heterocycles. The summed E-state index contributed by atoms with van der Waals surface area (Å²) < 4.78 is 0. The zero-order valence-electron chi connectivity index (χ0n) is 26.2. The lowest BCUT2D eigenvalue weighted by molar-refractivity contribution is -0.238. The van der Waals surface area contributed by atoms with Gasteiger partial charge >= 0.3 is 0 Å². The second-order valence-corrected chi connectivity index (χ2v) is 17.2. The van der Waals surface area contributed by atoms with Crippen LogP contribution in [0.5, 0.6) is 0 Å². The first-order chi connectivity index (χ1) is 18.2. The van der Waals surface area contributed by atoms with E-state index in [9.17, 15) is 4.79 Å². The van der Waals surface area contributed by atoms with Crippen molar-refractivity contribution in [2.45, 2.75) is 126 Å². The number of carbonyl (C=O) groups is 1. The summed E-state index contributed by atoms with van der Waals surface area (Å²) in [5.41, 5.74) is 4.04. The van der Waals surface area contributed by atoms with Gasteiger partial charge in [0.2, 0.25) is 5.24 Å². The van der Waals surface area contributed by atoms with Crippen LogP contribution in [0.3, 0.4) is 0 Å². The number of hydrogen-bond donors (Lipinski definition) is 0. The van der Waals surface area contributed by atoms with E-state index in [1.165, 1.54) is 56.9 Å². The third kappa shape index (κ3) is 3.66. The molecule has 0 spiro atoms. The molecule has 0 unspecified atom stereocenters. The van der Waals surface area contributed by atoms with Gasteiger partial charge in [-0.1, -0.05) is 78.3 Å². The fourth-order valence-corrected chi connectivity index (χ4v) is 13.4. The molecule has 39 heavy (non-hydrogen) atoms. The minimum Gasteiger partial charge on any atom is -0.281 e. The van der Waals surface area contributed by atoms with Crippen molar-refractivity contribution in [1.82, 2.24) is 0 Å². The van der Waals surface area contributed by atoms with Gasteiger partial charge in [-0.05, 0) is 151 Å². The molecule has 5 aliphatic rings. The Bertz CT molecular complexity index is 1120. The van der Waals surface area contributed by atoms with Gasteiger partial charge in [0.1, 0.15) is 0 Å². The molecule has 1 aromatic carbocycles. The summed E-state index contributed by atoms with van der Waals surface area (Å²) in [6.07, 6.45) is 12.5. The van der Waals surface area contributed by atoms with E-state index in [4.69, 9.17) is 11.6 Å². The first kappa shape index (κ1) is 28.3. The molecule has 0 N–H and O–H groups in total. The van der Waals surface area contributed by atoms with Gasteiger partial charge in [0.25, 0.3) is 0 Å². The molecule has 10 atom stereocenters. The molecule has 0 radical (unpaired) electrons. The number of aryl methyl sites for hydroxylation is 1. The van der Waals surface area contributed by atoms with Gasteiger partial charge in [0.15, 0.2) is 0 Å². The van der Waals surface area contributed by atoms with E-state index in [-0.39, 0.29) is 10.7 Å². The minimum absolute atomic E-state index is 0.00294. The number of halogens is 1. The van der Waals surface area contributed by atoms with Crippen molar-refractivity contribution in [2.75, 3.05) is 0 Å². The molecule has 5 aliphatic carbocycles. The van der Waals surface area contributed by atoms with E-state index in [1.807, 2.05) is 0 Å². The van der Waals surface area contributed by atoms with Crippen molar-refractivity contribution in [3.63, 3.8) is 0 Å². The highest BCUT2D eigenvalue weighted by Crippen LogP contribution is 2.78. The van der Waals surface area contributed by atoms with Crippen molar-refractivity contribution in [3.8, 4) is 0 Å². The molecule has 2 heteroatoms. The second-order valence-electron chi connectivity index (χ2n) is 16.9. The lowest BCUT2D eigenvalue weighted by atomic mass is 9.31. The smallest absolute Gasteiger partial charge is 0.228 e. The third-order valence-corrected chi connectivity index (χ3v) is 15.6. The van der Waals surface area contributed by atoms with Gasteiger partial charge in [-0.3, -0.25) is 4.79 Å². The van der Waals surface area contributed by atoms with E-state index in [0.29, 0.717) is 51.2 Å². The van der Waals surface area contributed by atoms with Crippen LogP contribution in [0.25, 0.3) is 0 Å². The Kier molecular flexibility index (Phi) is 6.60. The second kappa shape index (κ2) is 9.09. The Morgan fingerprint density at radius 1 is 0.795 bits per heavy atom. The summed E-state index contributed by atoms with van der Waals surface area (Å²) in [6.45, 7) is 20.4. The molecule has 1 nitrogen and oxygen atoms in total. The first-order valence-corrected chi connectivity index (χ1v) is 16.9. The maximum Gasteiger partial charge on any atom is 0.228 e. The molecule has 5 fully saturated rings. The van der Waals surface area contributed by atoms with Crippen molar-refractivity contribution in [2.24, 2.45) is 62.6 Å². The van der Waals surface area contributed by atoms with Gasteiger partial charge in [0.05, 0.1) is 0 Å². The molecule has 216 valence electrons. The number of carbonyl (C=O) groups excluding carboxylic acids is 1. The molecule has 6 rings (SSSR count). The largest absolute Gasteiger partial charge is 0.281 e. The normalized spacial score (nSPS) is 48.6. The van der Waals surface area contributed by atoms with Crippen LogP contribution < -0.4 is 0 Å². The van der Waals surface area contributed by atoms with Crippen LogP contribution in [0, 0.1) is 69.5 Å². The topological polar surface area (TPSA) is 17.1 Å². The zero-order valence-corrected chi connectivity index (χ0v) is 27.0. The highest BCUT2D eigenvalue weighted by Gasteiger charge is 2.71. The van der Waals surface area contributed by atoms with Crippen molar-refractivity contribution < 1.29 is 4.79 Å². The minimum atomic E-state index is -0.251. The first-order valence-electron chi connectivity index (χ1n) is 16.5. The number of fused-ring (bicyclic) bond motifs is 7. The van der Waals surface area contributed by atoms with Crippen molar-refractivity contribution in [1.29, 1.82) is 0 Å². The van der Waals surface area contributed by atoms with Gasteiger partial charge in [-0.2, -0.15) is 0 Å². The standard InChI is InChI=1S/C37H55ClO/c1-23(2)26-15-20-37(32(38)39)22-21-35(7)28(31(26)37)13-14-30-34(6)18-16-27(25-11-9-24(3)10-12-25)33(4,5)29(34)17-19-36(30,35)8/h9-12,23,26-31H,13-22H2,1-8H3/t26-,27+,28+,29-,30+,31+,34-,35+,36+,37-/m0/s1. The van der Waals surface area contributed by atoms with Gasteiger partial charge in [-0.15, -0.1) is 0 Å². The third-order valence-electron chi connectivity index (χ3n) is 15.2. The Hall–Kier alpha value is -0.820. The number of benzene rings is 1. The van der Waals surface area contributed by atoms with Crippen LogP contribution in [0.1, 0.15) is 130 Å². The van der Waals surface area contributed by atoms with E-state index in [0.717, 1.165) is 24.7 Å². The Morgan fingerprint density at radius 3 is 2.13 bits per heavy atom. The summed E-state index contributed by atoms with van der Waals surface area (Å²) in [5, 5.41) is -0.00294. The molecule has 1 aromatic rings. The predicted octanol–water partition coefficient (Wildman–Crippen LogP) is 10.6. The average Bonchev–Trinajstić information content (AvgIpc) is 3.27. The van der Waals surface area contributed by atoms with Crippen LogP contribution in [0.15, 0.2) is 24.3 Å². The molecular formula is C37H55ClO. The van der Waals surface area contributed by atoms with Gasteiger partial charge in [-0.25, -0.2) is 0 Å². The molecule has 5 saturated carbocycles. The summed E-state index contributed by atoms with van der Waals surface area (Å²) >= 11 is 6.55. The molecule has 0 amide bonds. The molecule has 0 saturated heterocycles. The fraction of sp³-hybridized carbons (Fsp3) is 0.811. The lowest BCUT2D eigenvalue weighted by Gasteiger charge is -2.73. The zero-order chi connectivity index (χ0) is 28.2. The Labute approximate surface area is 244 Å². The monoisotopic (exact) mass is 550 g/mol. The van der Waals surface area contributed by atoms with E-state index in [1.54, 1.807) is 5.56 Å². The van der Waals surface area contributed by atoms with E-state index >= 15 is 0 Å². The molecule has 0 aromatic heterocycles. The fourth-order valence-electron chi connectivity index (χ4n) is 13.1. The van der Waals surface area contributed by atoms with Crippen molar-refractivity contribution in [3.05, 3.63) is 35.4 Å². The van der Waals surface area contributed by atoms with E-state index < -0.39 is 0 Å². The number of hydrogen-bond acceptors (Lipinski definition) is 1. The predicted molar refractivity (Wildman–Crippen MR) is 164 cm³/mol. The molecule has 0 aliphatic heterocycles. The van der Waals surface area contributed by atoms with Gasteiger partial charge in [0, 0.05) is 5.41 Å². The van der Waals surface area contributed by atoms with Crippen LogP contribution in [0.2, 0.25) is 0 Å². The maximum atomic E-state index is 13.2. The van der Waals surface area contributed by atoms with Crippen LogP contribution in [0.4, 0.5) is 0 Å². The molecule has 0 bridgehead atoms. The quantitative estimate of drug-likeness (QED) is 0.342. The average molecular weight is 551 g/mol.